The molecule has 0 spiro atoms. The first kappa shape index (κ1) is 14.8. The molecule has 0 atom stereocenters. The van der Waals surface area contributed by atoms with Gasteiger partial charge in [-0.1, -0.05) is 0 Å². The number of nitrogens with one attached hydrogen (secondary N) is 1. The minimum atomic E-state index is -3.58. The Labute approximate surface area is 132 Å². The summed E-state index contributed by atoms with van der Waals surface area (Å²) in [5.41, 5.74) is 0.466. The number of rotatable bonds is 4. The molecule has 0 unspecified atom stereocenters. The van der Waals surface area contributed by atoms with Crippen LogP contribution in [0.1, 0.15) is 0 Å². The van der Waals surface area contributed by atoms with E-state index >= 15 is 0 Å². The number of methoxy groups -OCH3 is 1. The van der Waals surface area contributed by atoms with Gasteiger partial charge in [0.15, 0.2) is 4.21 Å². The molecule has 0 aliphatic carbocycles. The monoisotopic (exact) mass is 425 g/mol. The Balaban J connectivity index is 2.31. The van der Waals surface area contributed by atoms with Crippen LogP contribution in [0.5, 0.6) is 5.75 Å². The molecule has 1 aromatic carbocycles. The van der Waals surface area contributed by atoms with Crippen LogP contribution in [0.3, 0.4) is 0 Å². The molecule has 1 N–H and O–H groups in total. The van der Waals surface area contributed by atoms with E-state index in [9.17, 15) is 8.42 Å². The number of anilines is 1. The molecule has 0 radical (unpaired) electrons. The van der Waals surface area contributed by atoms with Crippen molar-refractivity contribution in [2.24, 2.45) is 0 Å². The van der Waals surface area contributed by atoms with Crippen LogP contribution in [-0.4, -0.2) is 15.5 Å². The zero-order chi connectivity index (χ0) is 14.0. The summed E-state index contributed by atoms with van der Waals surface area (Å²) in [4.78, 5) is 0. The van der Waals surface area contributed by atoms with Crippen LogP contribution in [0.25, 0.3) is 0 Å². The van der Waals surface area contributed by atoms with Crippen LogP contribution in [0.2, 0.25) is 0 Å². The van der Waals surface area contributed by atoms with Crippen molar-refractivity contribution in [1.82, 2.24) is 0 Å². The lowest BCUT2D eigenvalue weighted by atomic mass is 10.3. The molecule has 102 valence electrons. The highest BCUT2D eigenvalue weighted by Gasteiger charge is 2.19. The normalized spacial score (nSPS) is 11.3. The van der Waals surface area contributed by atoms with Crippen molar-refractivity contribution in [1.29, 1.82) is 0 Å². The van der Waals surface area contributed by atoms with Crippen LogP contribution in [0.4, 0.5) is 5.69 Å². The highest BCUT2D eigenvalue weighted by Crippen LogP contribution is 2.32. The first-order valence-electron chi connectivity index (χ1n) is 5.03. The van der Waals surface area contributed by atoms with E-state index in [2.05, 4.69) is 36.6 Å². The third-order valence-corrected chi connectivity index (χ3v) is 6.90. The third-order valence-electron chi connectivity index (χ3n) is 2.23. The molecule has 2 aromatic rings. The van der Waals surface area contributed by atoms with E-state index < -0.39 is 10.0 Å². The second kappa shape index (κ2) is 5.82. The number of hydrogen-bond acceptors (Lipinski definition) is 4. The summed E-state index contributed by atoms with van der Waals surface area (Å²) in [6.07, 6.45) is 0. The van der Waals surface area contributed by atoms with Crippen molar-refractivity contribution in [3.05, 3.63) is 38.6 Å². The van der Waals surface area contributed by atoms with Crippen molar-refractivity contribution < 1.29 is 13.2 Å². The first-order valence-corrected chi connectivity index (χ1v) is 8.98. The number of ether oxygens (including phenoxy) is 1. The molecule has 0 saturated heterocycles. The Morgan fingerprint density at radius 1 is 1.21 bits per heavy atom. The number of hydrogen-bond donors (Lipinski definition) is 1. The fourth-order valence-corrected chi connectivity index (χ4v) is 5.33. The number of halogens is 2. The van der Waals surface area contributed by atoms with Gasteiger partial charge in [-0.05, 0) is 61.5 Å². The van der Waals surface area contributed by atoms with Gasteiger partial charge in [0.25, 0.3) is 10.0 Å². The second-order valence-corrected chi connectivity index (χ2v) is 8.01. The maximum Gasteiger partial charge on any atom is 0.272 e. The Kier molecular flexibility index (Phi) is 4.54. The minimum absolute atomic E-state index is 0.249. The Morgan fingerprint density at radius 3 is 2.47 bits per heavy atom. The molecule has 0 aliphatic heterocycles. The van der Waals surface area contributed by atoms with Crippen molar-refractivity contribution in [3.8, 4) is 5.75 Å². The summed E-state index contributed by atoms with van der Waals surface area (Å²) >= 11 is 7.68. The maximum atomic E-state index is 12.2. The predicted molar refractivity (Wildman–Crippen MR) is 83.5 cm³/mol. The summed E-state index contributed by atoms with van der Waals surface area (Å²) in [5.74, 6) is 0.639. The fraction of sp³-hybridized carbons (Fsp3) is 0.0909. The van der Waals surface area contributed by atoms with Crippen LogP contribution < -0.4 is 9.46 Å². The van der Waals surface area contributed by atoms with E-state index in [4.69, 9.17) is 4.74 Å². The maximum absolute atomic E-state index is 12.2. The van der Waals surface area contributed by atoms with Gasteiger partial charge in [-0.3, -0.25) is 4.72 Å². The quantitative estimate of drug-likeness (QED) is 0.801. The van der Waals surface area contributed by atoms with E-state index in [0.717, 1.165) is 11.3 Å². The second-order valence-electron chi connectivity index (χ2n) is 3.51. The SMILES string of the molecule is COc1ccc(NS(=O)(=O)c2sccc2Br)cc1Br. The Hall–Kier alpha value is -0.570. The van der Waals surface area contributed by atoms with Gasteiger partial charge in [-0.15, -0.1) is 11.3 Å². The molecule has 0 amide bonds. The molecule has 4 nitrogen and oxygen atoms in total. The van der Waals surface area contributed by atoms with Crippen molar-refractivity contribution in [2.75, 3.05) is 11.8 Å². The average molecular weight is 427 g/mol. The van der Waals surface area contributed by atoms with Gasteiger partial charge in [-0.2, -0.15) is 0 Å². The van der Waals surface area contributed by atoms with Crippen molar-refractivity contribution in [3.63, 3.8) is 0 Å². The van der Waals surface area contributed by atoms with E-state index in [0.29, 0.717) is 20.4 Å². The summed E-state index contributed by atoms with van der Waals surface area (Å²) < 4.78 is 33.4. The van der Waals surface area contributed by atoms with E-state index in [1.54, 1.807) is 36.8 Å². The highest BCUT2D eigenvalue weighted by molar-refractivity contribution is 9.10. The summed E-state index contributed by atoms with van der Waals surface area (Å²) in [6.45, 7) is 0. The molecule has 0 saturated carbocycles. The average Bonchev–Trinajstić information content (AvgIpc) is 2.76. The number of benzene rings is 1. The Bertz CT molecular complexity index is 698. The largest absolute Gasteiger partial charge is 0.496 e. The lowest BCUT2D eigenvalue weighted by Crippen LogP contribution is -2.11. The van der Waals surface area contributed by atoms with Crippen LogP contribution in [0.15, 0.2) is 42.8 Å². The van der Waals surface area contributed by atoms with Crippen LogP contribution >= 0.6 is 43.2 Å². The van der Waals surface area contributed by atoms with Crippen LogP contribution in [-0.2, 0) is 10.0 Å². The molecule has 2 rings (SSSR count). The third kappa shape index (κ3) is 3.31. The zero-order valence-corrected chi connectivity index (χ0v) is 14.5. The molecule has 0 bridgehead atoms. The molecule has 8 heteroatoms. The topological polar surface area (TPSA) is 55.4 Å². The minimum Gasteiger partial charge on any atom is -0.496 e. The van der Waals surface area contributed by atoms with Crippen LogP contribution in [0, 0.1) is 0 Å². The number of thiophene rings is 1. The predicted octanol–water partition coefficient (Wildman–Crippen LogP) is 4.08. The van der Waals surface area contributed by atoms with Gasteiger partial charge < -0.3 is 4.74 Å². The van der Waals surface area contributed by atoms with Gasteiger partial charge >= 0.3 is 0 Å². The molecule has 0 fully saturated rings. The van der Waals surface area contributed by atoms with Gasteiger partial charge in [0.2, 0.25) is 0 Å². The number of sulfonamides is 1. The smallest absolute Gasteiger partial charge is 0.272 e. The molecule has 1 heterocycles. The Morgan fingerprint density at radius 2 is 1.95 bits per heavy atom. The molecule has 0 aliphatic rings. The van der Waals surface area contributed by atoms with Crippen molar-refractivity contribution >= 4 is 58.9 Å². The van der Waals surface area contributed by atoms with E-state index in [1.807, 2.05) is 0 Å². The fourth-order valence-electron chi connectivity index (χ4n) is 1.40. The zero-order valence-electron chi connectivity index (χ0n) is 9.68. The molecule has 19 heavy (non-hydrogen) atoms. The van der Waals surface area contributed by atoms with Gasteiger partial charge in [0.05, 0.1) is 17.3 Å². The summed E-state index contributed by atoms with van der Waals surface area (Å²) in [5, 5.41) is 1.71. The molecule has 1 aromatic heterocycles. The lowest BCUT2D eigenvalue weighted by Gasteiger charge is -2.09. The van der Waals surface area contributed by atoms with Gasteiger partial charge in [0, 0.05) is 4.47 Å². The van der Waals surface area contributed by atoms with E-state index in [1.165, 1.54) is 0 Å². The van der Waals surface area contributed by atoms with Gasteiger partial charge in [-0.25, -0.2) is 8.42 Å². The van der Waals surface area contributed by atoms with Gasteiger partial charge in [0.1, 0.15) is 5.75 Å². The summed E-state index contributed by atoms with van der Waals surface area (Å²) in [7, 11) is -2.03. The molecular formula is C11H9Br2NO3S2. The highest BCUT2D eigenvalue weighted by atomic mass is 79.9. The molecular weight excluding hydrogens is 418 g/mol. The van der Waals surface area contributed by atoms with Crippen molar-refractivity contribution in [2.45, 2.75) is 4.21 Å². The lowest BCUT2D eigenvalue weighted by molar-refractivity contribution is 0.412. The summed E-state index contributed by atoms with van der Waals surface area (Å²) in [6, 6.07) is 6.68. The first-order chi connectivity index (χ1) is 8.94. The standard InChI is InChI=1S/C11H9Br2NO3S2/c1-17-10-3-2-7(6-9(10)13)14-19(15,16)11-8(12)4-5-18-11/h2-6,14H,1H3. The van der Waals surface area contributed by atoms with E-state index in [-0.39, 0.29) is 4.21 Å².